The maximum atomic E-state index is 10.3. The second kappa shape index (κ2) is 12.7. The number of hydrogen-bond donors (Lipinski definition) is 3. The lowest BCUT2D eigenvalue weighted by Gasteiger charge is -2.27. The summed E-state index contributed by atoms with van der Waals surface area (Å²) < 4.78 is 14.4. The molecule has 0 radical (unpaired) electrons. The number of halogens is 3. The molecule has 190 valence electrons. The highest BCUT2D eigenvalue weighted by atomic mass is 123. The Kier molecular flexibility index (Phi) is 10.2. The third-order valence-corrected chi connectivity index (χ3v) is 7.71. The van der Waals surface area contributed by atoms with Crippen LogP contribution in [0.3, 0.4) is 0 Å². The highest BCUT2D eigenvalue weighted by Crippen LogP contribution is 2.36. The molecule has 0 saturated heterocycles. The fourth-order valence-electron chi connectivity index (χ4n) is 3.37. The summed E-state index contributed by atoms with van der Waals surface area (Å²) in [6.45, 7) is 4.51. The first-order valence-electron chi connectivity index (χ1n) is 10.9. The first-order valence-corrected chi connectivity index (χ1v) is 13.3. The predicted molar refractivity (Wildman–Crippen MR) is 145 cm³/mol. The summed E-state index contributed by atoms with van der Waals surface area (Å²) in [5, 5.41) is 37.0. The van der Waals surface area contributed by atoms with Crippen LogP contribution in [0.1, 0.15) is 30.7 Å². The Balaban J connectivity index is 1.60. The third kappa shape index (κ3) is 7.30. The van der Waals surface area contributed by atoms with E-state index in [1.54, 1.807) is 4.68 Å². The average Bonchev–Trinajstić information content (AvgIpc) is 3.20. The molecule has 2 atom stereocenters. The van der Waals surface area contributed by atoms with Crippen LogP contribution in [0.5, 0.6) is 11.5 Å². The van der Waals surface area contributed by atoms with E-state index in [1.165, 1.54) is 0 Å². The second-order valence-electron chi connectivity index (χ2n) is 8.55. The van der Waals surface area contributed by atoms with Crippen molar-refractivity contribution in [3.8, 4) is 11.5 Å². The van der Waals surface area contributed by atoms with E-state index in [1.807, 2.05) is 65.1 Å². The zero-order valence-corrected chi connectivity index (χ0v) is 23.9. The molecule has 3 N–H and O–H groups in total. The number of hydrogen-bond acceptors (Lipinski definition) is 7. The van der Waals surface area contributed by atoms with Crippen molar-refractivity contribution in [1.82, 2.24) is 15.0 Å². The quantitative estimate of drug-likeness (QED) is 0.197. The lowest BCUT2D eigenvalue weighted by atomic mass is 9.78. The van der Waals surface area contributed by atoms with Crippen molar-refractivity contribution >= 4 is 50.1 Å². The fourth-order valence-corrected chi connectivity index (χ4v) is 4.52. The molecule has 3 aromatic rings. The van der Waals surface area contributed by atoms with Gasteiger partial charge in [-0.05, 0) is 73.9 Å². The van der Waals surface area contributed by atoms with E-state index in [-0.39, 0.29) is 37.7 Å². The maximum absolute atomic E-state index is 10.3. The van der Waals surface area contributed by atoms with E-state index in [9.17, 15) is 15.3 Å². The van der Waals surface area contributed by atoms with Crippen LogP contribution in [-0.2, 0) is 18.6 Å². The molecular weight excluding hydrogens is 649 g/mol. The van der Waals surface area contributed by atoms with Gasteiger partial charge in [-0.1, -0.05) is 37.3 Å². The zero-order valence-electron chi connectivity index (χ0n) is 19.4. The monoisotopic (exact) mass is 675 g/mol. The largest absolute Gasteiger partial charge is 0.491 e. The van der Waals surface area contributed by atoms with Crippen LogP contribution >= 0.6 is 50.1 Å². The van der Waals surface area contributed by atoms with Gasteiger partial charge in [0.1, 0.15) is 46.3 Å². The van der Waals surface area contributed by atoms with E-state index in [0.717, 1.165) is 15.6 Å². The van der Waals surface area contributed by atoms with Crippen molar-refractivity contribution in [2.45, 2.75) is 44.6 Å². The van der Waals surface area contributed by atoms with Gasteiger partial charge in [0, 0.05) is 5.41 Å². The number of aromatic nitrogens is 3. The van der Waals surface area contributed by atoms with Crippen LogP contribution in [0, 0.1) is 3.70 Å². The Morgan fingerprint density at radius 1 is 1.06 bits per heavy atom. The fraction of sp³-hybridized carbons (Fsp3) is 0.417. The molecule has 2 aromatic carbocycles. The Morgan fingerprint density at radius 2 is 1.71 bits per heavy atom. The number of aliphatic hydroxyl groups is 3. The van der Waals surface area contributed by atoms with Crippen LogP contribution in [0.15, 0.2) is 46.9 Å². The average molecular weight is 677 g/mol. The summed E-state index contributed by atoms with van der Waals surface area (Å²) in [6.07, 6.45) is -1.50. The number of benzene rings is 2. The maximum Gasteiger partial charge on any atom is 0.133 e. The topological polar surface area (TPSA) is 110 Å². The Hall–Kier alpha value is -1.44. The van der Waals surface area contributed by atoms with Crippen LogP contribution < -0.4 is 9.47 Å². The van der Waals surface area contributed by atoms with E-state index >= 15 is 0 Å². The Labute approximate surface area is 231 Å². The van der Waals surface area contributed by atoms with E-state index in [4.69, 9.17) is 21.1 Å². The minimum Gasteiger partial charge on any atom is -0.491 e. The third-order valence-electron chi connectivity index (χ3n) is 5.55. The van der Waals surface area contributed by atoms with Crippen molar-refractivity contribution in [2.24, 2.45) is 0 Å². The molecule has 0 aliphatic rings. The van der Waals surface area contributed by atoms with Crippen LogP contribution in [-0.4, -0.2) is 61.6 Å². The molecule has 0 fully saturated rings. The molecule has 0 spiro atoms. The summed E-state index contributed by atoms with van der Waals surface area (Å²) in [5.41, 5.74) is 2.38. The smallest absolute Gasteiger partial charge is 0.133 e. The normalized spacial score (nSPS) is 13.5. The van der Waals surface area contributed by atoms with Gasteiger partial charge in [-0.25, -0.2) is 4.68 Å². The van der Waals surface area contributed by atoms with E-state index in [0.29, 0.717) is 20.9 Å². The van der Waals surface area contributed by atoms with Crippen molar-refractivity contribution in [2.75, 3.05) is 19.1 Å². The molecule has 1 heterocycles. The summed E-state index contributed by atoms with van der Waals surface area (Å²) in [7, 11) is 0. The number of alkyl halides is 1. The first kappa shape index (κ1) is 28.1. The zero-order chi connectivity index (χ0) is 25.6. The molecule has 0 saturated carbocycles. The lowest BCUT2D eigenvalue weighted by Crippen LogP contribution is -2.25. The molecule has 0 amide bonds. The Morgan fingerprint density at radius 3 is 2.31 bits per heavy atom. The van der Waals surface area contributed by atoms with Crippen molar-refractivity contribution in [3.63, 3.8) is 0 Å². The van der Waals surface area contributed by atoms with Crippen molar-refractivity contribution in [1.29, 1.82) is 0 Å². The van der Waals surface area contributed by atoms with Gasteiger partial charge in [0.2, 0.25) is 0 Å². The van der Waals surface area contributed by atoms with Crippen molar-refractivity contribution < 1.29 is 24.8 Å². The van der Waals surface area contributed by atoms with Gasteiger partial charge < -0.3 is 24.8 Å². The minimum absolute atomic E-state index is 0.0972. The van der Waals surface area contributed by atoms with Gasteiger partial charge in [0.05, 0.1) is 23.5 Å². The van der Waals surface area contributed by atoms with Gasteiger partial charge in [-0.3, -0.25) is 0 Å². The molecule has 11 heteroatoms. The molecule has 1 unspecified atom stereocenters. The predicted octanol–water partition coefficient (Wildman–Crippen LogP) is 3.88. The summed E-state index contributed by atoms with van der Waals surface area (Å²) >= 11 is 11.2. The molecule has 35 heavy (non-hydrogen) atoms. The lowest BCUT2D eigenvalue weighted by molar-refractivity contribution is 0.0881. The van der Waals surface area contributed by atoms with E-state index < -0.39 is 12.2 Å². The van der Waals surface area contributed by atoms with Gasteiger partial charge in [0.25, 0.3) is 0 Å². The first-order chi connectivity index (χ1) is 16.6. The summed E-state index contributed by atoms with van der Waals surface area (Å²) in [6, 6.07) is 13.7. The molecule has 0 aliphatic heterocycles. The van der Waals surface area contributed by atoms with E-state index in [2.05, 4.69) is 40.1 Å². The van der Waals surface area contributed by atoms with Crippen LogP contribution in [0.2, 0.25) is 0 Å². The van der Waals surface area contributed by atoms with Gasteiger partial charge in [-0.15, -0.1) is 16.7 Å². The van der Waals surface area contributed by atoms with Gasteiger partial charge in [0.15, 0.2) is 0 Å². The number of aliphatic hydroxyl groups excluding tert-OH is 3. The minimum atomic E-state index is -0.781. The SMILES string of the molecule is CC(C)(c1ccc(OC[C@@H](O)Cn2nnc(CO)c2[123I])cc1)c1ccc(OCC(O)CCl)c(Br)c1. The Bertz CT molecular complexity index is 1110. The number of ether oxygens (including phenoxy) is 2. The van der Waals surface area contributed by atoms with Crippen LogP contribution in [0.4, 0.5) is 0 Å². The molecule has 0 aliphatic carbocycles. The molecular formula is C24H28BrClIN3O5. The molecule has 1 aromatic heterocycles. The second-order valence-corrected chi connectivity index (χ2v) is 10.7. The number of nitrogens with zero attached hydrogens (tertiary/aromatic N) is 3. The van der Waals surface area contributed by atoms with Gasteiger partial charge >= 0.3 is 0 Å². The van der Waals surface area contributed by atoms with Crippen LogP contribution in [0.25, 0.3) is 0 Å². The molecule has 8 nitrogen and oxygen atoms in total. The highest BCUT2D eigenvalue weighted by Gasteiger charge is 2.24. The highest BCUT2D eigenvalue weighted by molar-refractivity contribution is 14.1. The summed E-state index contributed by atoms with van der Waals surface area (Å²) in [4.78, 5) is 0. The number of rotatable bonds is 12. The molecule has 3 rings (SSSR count). The summed E-state index contributed by atoms with van der Waals surface area (Å²) in [5.74, 6) is 1.41. The molecule has 0 bridgehead atoms. The van der Waals surface area contributed by atoms with Gasteiger partial charge in [-0.2, -0.15) is 0 Å². The standard InChI is InChI=1S/C24H28BrClIN3O5/c1-24(2,16-5-8-22(20(25)9-16)35-13-17(32)10-26)15-3-6-19(7-4-15)34-14-18(33)11-30-23(27)21(12-31)28-29-30/h3-9,17-18,31-33H,10-14H2,1-2H3/t17?,18-/m0/s1/i27-4. The van der Waals surface area contributed by atoms with Crippen molar-refractivity contribution in [3.05, 3.63) is 67.5 Å².